The molecular weight excluding hydrogens is 399 g/mol. The second-order valence-corrected chi connectivity index (χ2v) is 8.11. The van der Waals surface area contributed by atoms with Crippen LogP contribution < -0.4 is 4.72 Å². The molecule has 1 aliphatic heterocycles. The first-order valence-corrected chi connectivity index (χ1v) is 10.4. The molecule has 3 rings (SSSR count). The van der Waals surface area contributed by atoms with Gasteiger partial charge in [-0.2, -0.15) is 0 Å². The molecule has 0 aromatic heterocycles. The summed E-state index contributed by atoms with van der Waals surface area (Å²) in [6, 6.07) is 10.7. The van der Waals surface area contributed by atoms with Crippen LogP contribution in [0.15, 0.2) is 58.4 Å². The molecule has 1 heterocycles. The third kappa shape index (κ3) is 4.86. The average molecular weight is 418 g/mol. The van der Waals surface area contributed by atoms with Crippen LogP contribution in [0.25, 0.3) is 0 Å². The Hall–Kier alpha value is -3.07. The summed E-state index contributed by atoms with van der Waals surface area (Å²) in [6.45, 7) is 1.51. The average Bonchev–Trinajstić information content (AvgIpc) is 2.95. The molecule has 152 valence electrons. The molecule has 0 amide bonds. The van der Waals surface area contributed by atoms with Gasteiger partial charge < -0.3 is 4.74 Å². The molecule has 0 saturated heterocycles. The zero-order valence-electron chi connectivity index (χ0n) is 15.6. The number of benzene rings is 2. The van der Waals surface area contributed by atoms with Crippen LogP contribution in [0.1, 0.15) is 35.7 Å². The molecule has 0 saturated carbocycles. The van der Waals surface area contributed by atoms with Gasteiger partial charge in [0.1, 0.15) is 17.7 Å². The lowest BCUT2D eigenvalue weighted by atomic mass is 10.1. The van der Waals surface area contributed by atoms with Crippen LogP contribution >= 0.6 is 0 Å². The second-order valence-electron chi connectivity index (χ2n) is 6.46. The third-order valence-electron chi connectivity index (χ3n) is 4.29. The highest BCUT2D eigenvalue weighted by molar-refractivity contribution is 7.90. The number of fused-ring (bicyclic) bond motifs is 1. The molecule has 1 unspecified atom stereocenters. The fraction of sp³-hybridized carbons (Fsp3) is 0.250. The molecule has 1 atom stereocenters. The molecular formula is C20H19FN2O5S. The summed E-state index contributed by atoms with van der Waals surface area (Å²) in [5.41, 5.74) is 0.793. The number of ketones is 1. The SMILES string of the molecule is CC(N=C1NS(=O)(=O)c2ccccc21)C(=O)OCCCC(=O)c1ccc(F)cc1. The van der Waals surface area contributed by atoms with E-state index in [-0.39, 0.29) is 29.5 Å². The Bertz CT molecular complexity index is 1060. The first kappa shape index (κ1) is 20.7. The fourth-order valence-electron chi connectivity index (χ4n) is 2.78. The summed E-state index contributed by atoms with van der Waals surface area (Å²) in [5, 5.41) is 0. The Labute approximate surface area is 167 Å². The lowest BCUT2D eigenvalue weighted by molar-refractivity contribution is -0.144. The molecule has 0 bridgehead atoms. The van der Waals surface area contributed by atoms with Crippen LogP contribution in [0.4, 0.5) is 4.39 Å². The van der Waals surface area contributed by atoms with E-state index in [9.17, 15) is 22.4 Å². The normalized spacial score (nSPS) is 16.7. The van der Waals surface area contributed by atoms with Gasteiger partial charge >= 0.3 is 5.97 Å². The van der Waals surface area contributed by atoms with Crippen LogP contribution in [-0.4, -0.2) is 38.7 Å². The zero-order valence-corrected chi connectivity index (χ0v) is 16.4. The molecule has 0 aliphatic carbocycles. The number of halogens is 1. The molecule has 1 aliphatic rings. The van der Waals surface area contributed by atoms with Crippen molar-refractivity contribution >= 4 is 27.6 Å². The zero-order chi connectivity index (χ0) is 21.0. The van der Waals surface area contributed by atoms with Crippen LogP contribution in [0.2, 0.25) is 0 Å². The largest absolute Gasteiger partial charge is 0.464 e. The van der Waals surface area contributed by atoms with Gasteiger partial charge in [-0.15, -0.1) is 0 Å². The second kappa shape index (κ2) is 8.52. The van der Waals surface area contributed by atoms with Gasteiger partial charge in [-0.3, -0.25) is 14.5 Å². The Morgan fingerprint density at radius 1 is 1.14 bits per heavy atom. The quantitative estimate of drug-likeness (QED) is 0.423. The van der Waals surface area contributed by atoms with Crippen molar-refractivity contribution in [1.82, 2.24) is 4.72 Å². The van der Waals surface area contributed by atoms with E-state index in [1.165, 1.54) is 37.3 Å². The molecule has 1 N–H and O–H groups in total. The van der Waals surface area contributed by atoms with Crippen LogP contribution in [0.3, 0.4) is 0 Å². The van der Waals surface area contributed by atoms with Crippen molar-refractivity contribution in [1.29, 1.82) is 0 Å². The minimum atomic E-state index is -3.68. The predicted molar refractivity (Wildman–Crippen MR) is 104 cm³/mol. The number of nitrogens with one attached hydrogen (secondary N) is 1. The highest BCUT2D eigenvalue weighted by atomic mass is 32.2. The minimum Gasteiger partial charge on any atom is -0.464 e. The topological polar surface area (TPSA) is 102 Å². The minimum absolute atomic E-state index is 0.0171. The molecule has 29 heavy (non-hydrogen) atoms. The Morgan fingerprint density at radius 2 is 1.83 bits per heavy atom. The van der Waals surface area contributed by atoms with E-state index in [2.05, 4.69) is 9.71 Å². The van der Waals surface area contributed by atoms with E-state index in [1.807, 2.05) is 0 Å². The number of rotatable bonds is 7. The number of hydrogen-bond acceptors (Lipinski definition) is 6. The van der Waals surface area contributed by atoms with Gasteiger partial charge in [0.05, 0.1) is 11.5 Å². The standard InChI is InChI=1S/C20H19FN2O5S/c1-13(22-19-16-5-2-3-7-18(16)29(26,27)23-19)20(25)28-12-4-6-17(24)14-8-10-15(21)11-9-14/h2-3,5,7-11,13H,4,6,12H2,1H3,(H,22,23). The van der Waals surface area contributed by atoms with Crippen molar-refractivity contribution in [3.05, 3.63) is 65.5 Å². The van der Waals surface area contributed by atoms with Crippen LogP contribution in [-0.2, 0) is 19.6 Å². The molecule has 0 radical (unpaired) electrons. The van der Waals surface area contributed by atoms with Crippen molar-refractivity contribution in [3.8, 4) is 0 Å². The van der Waals surface area contributed by atoms with Gasteiger partial charge in [-0.25, -0.2) is 17.6 Å². The van der Waals surface area contributed by atoms with Crippen LogP contribution in [0.5, 0.6) is 0 Å². The predicted octanol–water partition coefficient (Wildman–Crippen LogP) is 2.46. The summed E-state index contributed by atoms with van der Waals surface area (Å²) in [6.07, 6.45) is 0.454. The number of carbonyl (C=O) groups excluding carboxylic acids is 2. The summed E-state index contributed by atoms with van der Waals surface area (Å²) in [4.78, 5) is 28.4. The van der Waals surface area contributed by atoms with Gasteiger partial charge in [0.2, 0.25) is 0 Å². The first-order valence-electron chi connectivity index (χ1n) is 8.93. The van der Waals surface area contributed by atoms with Gasteiger partial charge in [0.15, 0.2) is 5.78 Å². The van der Waals surface area contributed by atoms with E-state index in [4.69, 9.17) is 4.74 Å². The lowest BCUT2D eigenvalue weighted by Gasteiger charge is -2.09. The van der Waals surface area contributed by atoms with E-state index < -0.39 is 27.9 Å². The van der Waals surface area contributed by atoms with E-state index in [0.29, 0.717) is 17.5 Å². The molecule has 2 aromatic carbocycles. The van der Waals surface area contributed by atoms with E-state index >= 15 is 0 Å². The molecule has 9 heteroatoms. The van der Waals surface area contributed by atoms with Gasteiger partial charge in [0, 0.05) is 17.5 Å². The van der Waals surface area contributed by atoms with Crippen molar-refractivity contribution in [3.63, 3.8) is 0 Å². The smallest absolute Gasteiger partial charge is 0.330 e. The maximum absolute atomic E-state index is 12.9. The molecule has 2 aromatic rings. The summed E-state index contributed by atoms with van der Waals surface area (Å²) in [7, 11) is -3.68. The van der Waals surface area contributed by atoms with Crippen molar-refractivity contribution in [2.45, 2.75) is 30.7 Å². The van der Waals surface area contributed by atoms with Crippen molar-refractivity contribution in [2.24, 2.45) is 4.99 Å². The number of esters is 1. The highest BCUT2D eigenvalue weighted by Crippen LogP contribution is 2.22. The maximum Gasteiger partial charge on any atom is 0.330 e. The number of ether oxygens (including phenoxy) is 1. The number of sulfonamides is 1. The molecule has 7 nitrogen and oxygen atoms in total. The summed E-state index contributed by atoms with van der Waals surface area (Å²) < 4.78 is 44.5. The number of aliphatic imine (C=N–C) groups is 1. The van der Waals surface area contributed by atoms with Gasteiger partial charge in [0.25, 0.3) is 10.0 Å². The Kier molecular flexibility index (Phi) is 6.07. The van der Waals surface area contributed by atoms with E-state index in [0.717, 1.165) is 0 Å². The third-order valence-corrected chi connectivity index (χ3v) is 5.68. The first-order chi connectivity index (χ1) is 13.8. The van der Waals surface area contributed by atoms with E-state index in [1.54, 1.807) is 18.2 Å². The highest BCUT2D eigenvalue weighted by Gasteiger charge is 2.31. The Morgan fingerprint density at radius 3 is 2.55 bits per heavy atom. The number of amidine groups is 1. The molecule has 0 spiro atoms. The number of carbonyl (C=O) groups is 2. The molecule has 0 fully saturated rings. The summed E-state index contributed by atoms with van der Waals surface area (Å²) >= 11 is 0. The Balaban J connectivity index is 1.52. The van der Waals surface area contributed by atoms with Crippen molar-refractivity contribution in [2.75, 3.05) is 6.61 Å². The number of hydrogen-bond donors (Lipinski definition) is 1. The monoisotopic (exact) mass is 418 g/mol. The van der Waals surface area contributed by atoms with Crippen molar-refractivity contribution < 1.29 is 27.1 Å². The lowest BCUT2D eigenvalue weighted by Crippen LogP contribution is -2.27. The van der Waals surface area contributed by atoms with Gasteiger partial charge in [-0.1, -0.05) is 12.1 Å². The number of nitrogens with zero attached hydrogens (tertiary/aromatic N) is 1. The summed E-state index contributed by atoms with van der Waals surface area (Å²) in [5.74, 6) is -1.13. The number of Topliss-reactive ketones (excluding diaryl/α,β-unsaturated/α-hetero) is 1. The van der Waals surface area contributed by atoms with Crippen LogP contribution in [0, 0.1) is 5.82 Å². The fourth-order valence-corrected chi connectivity index (χ4v) is 4.02. The van der Waals surface area contributed by atoms with Gasteiger partial charge in [-0.05, 0) is 49.7 Å². The maximum atomic E-state index is 12.9.